The number of rotatable bonds is 7. The molecule has 1 heterocycles. The molecule has 2 atom stereocenters. The minimum atomic E-state index is -1.72. The molecule has 0 saturated carbocycles. The van der Waals surface area contributed by atoms with Gasteiger partial charge in [-0.1, -0.05) is 44.2 Å². The van der Waals surface area contributed by atoms with Gasteiger partial charge in [0.1, 0.15) is 29.9 Å². The van der Waals surface area contributed by atoms with Crippen molar-refractivity contribution in [1.29, 1.82) is 0 Å². The topological polar surface area (TPSA) is 68.0 Å². The van der Waals surface area contributed by atoms with Gasteiger partial charge in [-0.3, -0.25) is 4.79 Å². The summed E-state index contributed by atoms with van der Waals surface area (Å²) in [7, 11) is 0. The molecule has 0 spiro atoms. The molecule has 0 aliphatic carbocycles. The normalized spacial score (nSPS) is 14.5. The van der Waals surface area contributed by atoms with Gasteiger partial charge < -0.3 is 5.11 Å². The molecule has 2 aromatic carbocycles. The molecule has 146 valence electrons. The van der Waals surface area contributed by atoms with Crippen LogP contribution in [0.4, 0.5) is 8.78 Å². The van der Waals surface area contributed by atoms with Crippen LogP contribution >= 0.6 is 0 Å². The highest BCUT2D eigenvalue weighted by molar-refractivity contribution is 5.95. The van der Waals surface area contributed by atoms with Crippen molar-refractivity contribution in [2.45, 2.75) is 38.3 Å². The Hall–Kier alpha value is -2.93. The first kappa shape index (κ1) is 19.8. The minimum Gasteiger partial charge on any atom is -0.382 e. The number of carbonyl (C=O) groups excluding carboxylic acids is 1. The van der Waals surface area contributed by atoms with Gasteiger partial charge in [0.05, 0.1) is 6.54 Å². The predicted molar refractivity (Wildman–Crippen MR) is 99.8 cm³/mol. The molecule has 1 aromatic heterocycles. The zero-order valence-corrected chi connectivity index (χ0v) is 15.6. The van der Waals surface area contributed by atoms with E-state index in [-0.39, 0.29) is 17.9 Å². The van der Waals surface area contributed by atoms with Crippen molar-refractivity contribution in [1.82, 2.24) is 14.8 Å². The maximum Gasteiger partial charge on any atom is 0.162 e. The number of Topliss-reactive ketones (excluding diaryl/α,β-unsaturated/α-hetero) is 1. The number of nitrogens with zero attached hydrogens (tertiary/aromatic N) is 3. The Morgan fingerprint density at radius 1 is 1.21 bits per heavy atom. The summed E-state index contributed by atoms with van der Waals surface area (Å²) in [6.07, 6.45) is 3.13. The smallest absolute Gasteiger partial charge is 0.162 e. The second kappa shape index (κ2) is 7.98. The van der Waals surface area contributed by atoms with Gasteiger partial charge in [-0.15, -0.1) is 0 Å². The van der Waals surface area contributed by atoms with Gasteiger partial charge in [-0.05, 0) is 11.6 Å². The molecule has 0 amide bonds. The molecule has 2 unspecified atom stereocenters. The Morgan fingerprint density at radius 2 is 1.93 bits per heavy atom. The zero-order valence-electron chi connectivity index (χ0n) is 15.6. The summed E-state index contributed by atoms with van der Waals surface area (Å²) < 4.78 is 29.4. The summed E-state index contributed by atoms with van der Waals surface area (Å²) in [5, 5.41) is 15.6. The Labute approximate surface area is 161 Å². The number of aliphatic hydroxyl groups is 1. The molecule has 0 radical (unpaired) electrons. The van der Waals surface area contributed by atoms with E-state index in [9.17, 15) is 18.7 Å². The van der Waals surface area contributed by atoms with Gasteiger partial charge in [0.15, 0.2) is 5.78 Å². The highest BCUT2D eigenvalue weighted by Crippen LogP contribution is 2.39. The number of aromatic nitrogens is 3. The number of halogens is 2. The minimum absolute atomic E-state index is 0.0154. The maximum atomic E-state index is 14.6. The van der Waals surface area contributed by atoms with Crippen LogP contribution in [0.2, 0.25) is 0 Å². The lowest BCUT2D eigenvalue weighted by molar-refractivity contribution is -0.0112. The molecule has 3 aromatic rings. The maximum absolute atomic E-state index is 14.6. The van der Waals surface area contributed by atoms with Crippen molar-refractivity contribution in [3.05, 3.63) is 83.4 Å². The summed E-state index contributed by atoms with van der Waals surface area (Å²) >= 11 is 0. The van der Waals surface area contributed by atoms with Crippen molar-refractivity contribution < 1.29 is 18.7 Å². The van der Waals surface area contributed by atoms with E-state index in [4.69, 9.17) is 0 Å². The monoisotopic (exact) mass is 385 g/mol. The van der Waals surface area contributed by atoms with Crippen LogP contribution < -0.4 is 0 Å². The van der Waals surface area contributed by atoms with Crippen molar-refractivity contribution in [2.24, 2.45) is 0 Å². The molecule has 0 aliphatic heterocycles. The molecule has 0 fully saturated rings. The highest BCUT2D eigenvalue weighted by Gasteiger charge is 2.40. The number of hydrogen-bond donors (Lipinski definition) is 1. The van der Waals surface area contributed by atoms with E-state index in [2.05, 4.69) is 10.1 Å². The van der Waals surface area contributed by atoms with Gasteiger partial charge in [-0.25, -0.2) is 18.4 Å². The third-order valence-corrected chi connectivity index (χ3v) is 5.04. The van der Waals surface area contributed by atoms with Gasteiger partial charge in [-0.2, -0.15) is 5.10 Å². The number of benzene rings is 2. The first-order chi connectivity index (χ1) is 13.3. The van der Waals surface area contributed by atoms with Crippen LogP contribution in [0, 0.1) is 11.6 Å². The van der Waals surface area contributed by atoms with Gasteiger partial charge in [0, 0.05) is 29.5 Å². The first-order valence-corrected chi connectivity index (χ1v) is 8.98. The van der Waals surface area contributed by atoms with Crippen LogP contribution in [0.5, 0.6) is 0 Å². The van der Waals surface area contributed by atoms with Crippen LogP contribution in [0.25, 0.3) is 0 Å². The van der Waals surface area contributed by atoms with E-state index in [1.54, 1.807) is 38.1 Å². The lowest BCUT2D eigenvalue weighted by atomic mass is 9.77. The van der Waals surface area contributed by atoms with Crippen molar-refractivity contribution >= 4 is 5.78 Å². The number of ketones is 1. The fraction of sp³-hybridized carbons (Fsp3) is 0.286. The molecule has 0 aliphatic rings. The average Bonchev–Trinajstić information content (AvgIpc) is 3.19. The van der Waals surface area contributed by atoms with E-state index in [1.165, 1.54) is 23.4 Å². The standard InChI is InChI=1S/C21H21F2N3O2/c1-3-20(27)16-6-4-15(5-7-16)14(2)21(28,11-26-13-24-12-25-26)18-9-8-17(22)10-19(18)23/h4-10,12-14,28H,3,11H2,1-2H3. The summed E-state index contributed by atoms with van der Waals surface area (Å²) in [6, 6.07) is 9.95. The molecule has 28 heavy (non-hydrogen) atoms. The van der Waals surface area contributed by atoms with E-state index < -0.39 is 23.2 Å². The molecule has 3 rings (SSSR count). The lowest BCUT2D eigenvalue weighted by Crippen LogP contribution is -2.38. The predicted octanol–water partition coefficient (Wildman–Crippen LogP) is 3.84. The SMILES string of the molecule is CCC(=O)c1ccc(C(C)C(O)(Cn2cncn2)c2ccc(F)cc2F)cc1. The molecular weight excluding hydrogens is 364 g/mol. The van der Waals surface area contributed by atoms with Crippen LogP contribution in [-0.2, 0) is 12.1 Å². The van der Waals surface area contributed by atoms with Crippen LogP contribution in [0.3, 0.4) is 0 Å². The third-order valence-electron chi connectivity index (χ3n) is 5.04. The first-order valence-electron chi connectivity index (χ1n) is 8.98. The Balaban J connectivity index is 2.04. The summed E-state index contributed by atoms with van der Waals surface area (Å²) in [5.74, 6) is -2.13. The Morgan fingerprint density at radius 3 is 2.50 bits per heavy atom. The quantitative estimate of drug-likeness (QED) is 0.628. The Bertz CT molecular complexity index is 958. The lowest BCUT2D eigenvalue weighted by Gasteiger charge is -2.35. The van der Waals surface area contributed by atoms with Gasteiger partial charge in [0.25, 0.3) is 0 Å². The highest BCUT2D eigenvalue weighted by atomic mass is 19.1. The van der Waals surface area contributed by atoms with Crippen LogP contribution in [0.1, 0.15) is 47.7 Å². The van der Waals surface area contributed by atoms with E-state index in [0.717, 1.165) is 12.1 Å². The summed E-state index contributed by atoms with van der Waals surface area (Å²) in [4.78, 5) is 15.7. The largest absolute Gasteiger partial charge is 0.382 e. The molecule has 1 N–H and O–H groups in total. The van der Waals surface area contributed by atoms with Crippen LogP contribution in [0.15, 0.2) is 55.1 Å². The van der Waals surface area contributed by atoms with Crippen molar-refractivity contribution in [2.75, 3.05) is 0 Å². The molecule has 0 saturated heterocycles. The third kappa shape index (κ3) is 3.84. The van der Waals surface area contributed by atoms with Gasteiger partial charge in [0.2, 0.25) is 0 Å². The average molecular weight is 385 g/mol. The molecule has 0 bridgehead atoms. The fourth-order valence-electron chi connectivity index (χ4n) is 3.29. The molecular formula is C21H21F2N3O2. The second-order valence-electron chi connectivity index (χ2n) is 6.76. The second-order valence-corrected chi connectivity index (χ2v) is 6.76. The molecule has 7 heteroatoms. The van der Waals surface area contributed by atoms with Crippen LogP contribution in [-0.4, -0.2) is 25.7 Å². The summed E-state index contributed by atoms with van der Waals surface area (Å²) in [6.45, 7) is 3.45. The van der Waals surface area contributed by atoms with Gasteiger partial charge >= 0.3 is 0 Å². The molecule has 5 nitrogen and oxygen atoms in total. The van der Waals surface area contributed by atoms with E-state index >= 15 is 0 Å². The van der Waals surface area contributed by atoms with Crippen molar-refractivity contribution in [3.8, 4) is 0 Å². The van der Waals surface area contributed by atoms with E-state index in [1.807, 2.05) is 0 Å². The fourth-order valence-corrected chi connectivity index (χ4v) is 3.29. The Kier molecular flexibility index (Phi) is 5.65. The zero-order chi connectivity index (χ0) is 20.3. The number of carbonyl (C=O) groups is 1. The number of hydrogen-bond acceptors (Lipinski definition) is 4. The van der Waals surface area contributed by atoms with Crippen molar-refractivity contribution in [3.63, 3.8) is 0 Å². The summed E-state index contributed by atoms with van der Waals surface area (Å²) in [5.41, 5.74) is -0.474. The van der Waals surface area contributed by atoms with E-state index in [0.29, 0.717) is 17.5 Å².